The van der Waals surface area contributed by atoms with Crippen LogP contribution in [0.3, 0.4) is 0 Å². The molecular formula is C15H26ClN3O2. The summed E-state index contributed by atoms with van der Waals surface area (Å²) in [4.78, 5) is 27.0. The molecule has 0 aliphatic rings. The van der Waals surface area contributed by atoms with E-state index in [1.807, 2.05) is 33.8 Å². The van der Waals surface area contributed by atoms with Gasteiger partial charge in [-0.1, -0.05) is 13.8 Å². The minimum atomic E-state index is -0.536. The lowest BCUT2D eigenvalue weighted by atomic mass is 9.81. The van der Waals surface area contributed by atoms with E-state index < -0.39 is 5.41 Å². The van der Waals surface area contributed by atoms with Crippen molar-refractivity contribution in [2.75, 3.05) is 6.54 Å². The maximum atomic E-state index is 12.3. The highest BCUT2D eigenvalue weighted by molar-refractivity contribution is 5.85. The highest BCUT2D eigenvalue weighted by atomic mass is 35.5. The summed E-state index contributed by atoms with van der Waals surface area (Å²) in [6.45, 7) is 8.18. The zero-order valence-corrected chi connectivity index (χ0v) is 14.0. The summed E-state index contributed by atoms with van der Waals surface area (Å²) in [6, 6.07) is 1.90. The van der Waals surface area contributed by atoms with Crippen LogP contribution in [-0.2, 0) is 11.3 Å². The van der Waals surface area contributed by atoms with Crippen LogP contribution >= 0.6 is 12.4 Å². The SMILES string of the molecule is CCC(CC)(CN)C(=O)NCc1c(C)cc(C)[nH]c1=O.Cl. The third kappa shape index (κ3) is 4.32. The number of H-pyrrole nitrogens is 1. The number of pyridine rings is 1. The number of carbonyl (C=O) groups excluding carboxylic acids is 1. The van der Waals surface area contributed by atoms with Gasteiger partial charge in [0.2, 0.25) is 5.91 Å². The lowest BCUT2D eigenvalue weighted by Gasteiger charge is -2.28. The van der Waals surface area contributed by atoms with Gasteiger partial charge in [0.25, 0.3) is 5.56 Å². The van der Waals surface area contributed by atoms with Gasteiger partial charge in [-0.25, -0.2) is 0 Å². The molecule has 0 saturated heterocycles. The summed E-state index contributed by atoms with van der Waals surface area (Å²) < 4.78 is 0. The number of aryl methyl sites for hydroxylation is 2. The van der Waals surface area contributed by atoms with Gasteiger partial charge in [0, 0.05) is 24.3 Å². The highest BCUT2D eigenvalue weighted by Gasteiger charge is 2.33. The summed E-state index contributed by atoms with van der Waals surface area (Å²) in [6.07, 6.45) is 1.38. The van der Waals surface area contributed by atoms with Crippen LogP contribution in [0.1, 0.15) is 43.5 Å². The van der Waals surface area contributed by atoms with Gasteiger partial charge in [-0.2, -0.15) is 0 Å². The van der Waals surface area contributed by atoms with E-state index in [1.54, 1.807) is 0 Å². The average Bonchev–Trinajstić information content (AvgIpc) is 2.40. The Morgan fingerprint density at radius 2 is 1.90 bits per heavy atom. The first-order valence-electron chi connectivity index (χ1n) is 7.08. The molecule has 1 amide bonds. The summed E-state index contributed by atoms with van der Waals surface area (Å²) in [5.41, 5.74) is 7.38. The van der Waals surface area contributed by atoms with Crippen molar-refractivity contribution in [1.82, 2.24) is 10.3 Å². The molecule has 0 fully saturated rings. The van der Waals surface area contributed by atoms with Gasteiger partial charge < -0.3 is 16.0 Å². The number of halogens is 1. The largest absolute Gasteiger partial charge is 0.351 e. The third-order valence-corrected chi connectivity index (χ3v) is 4.15. The van der Waals surface area contributed by atoms with Gasteiger partial charge in [0.15, 0.2) is 0 Å². The standard InChI is InChI=1S/C15H25N3O2.ClH/c1-5-15(6-2,9-16)14(20)17-8-12-10(3)7-11(4)18-13(12)19;/h7H,5-6,8-9,16H2,1-4H3,(H,17,20)(H,18,19);1H. The molecule has 0 bridgehead atoms. The first kappa shape index (κ1) is 19.7. The third-order valence-electron chi connectivity index (χ3n) is 4.15. The van der Waals surface area contributed by atoms with Crippen LogP contribution in [0.4, 0.5) is 0 Å². The van der Waals surface area contributed by atoms with Crippen LogP contribution in [0.25, 0.3) is 0 Å². The Morgan fingerprint density at radius 1 is 1.33 bits per heavy atom. The zero-order chi connectivity index (χ0) is 15.3. The van der Waals surface area contributed by atoms with Crippen molar-refractivity contribution in [3.8, 4) is 0 Å². The maximum Gasteiger partial charge on any atom is 0.253 e. The molecule has 1 rings (SSSR count). The van der Waals surface area contributed by atoms with E-state index in [1.165, 1.54) is 0 Å². The normalized spacial score (nSPS) is 10.9. The molecule has 4 N–H and O–H groups in total. The van der Waals surface area contributed by atoms with E-state index in [0.717, 1.165) is 11.3 Å². The molecule has 120 valence electrons. The molecule has 1 aromatic heterocycles. The number of nitrogens with one attached hydrogen (secondary N) is 2. The minimum absolute atomic E-state index is 0. The Kier molecular flexibility index (Phi) is 7.68. The number of carbonyl (C=O) groups is 1. The van der Waals surface area contributed by atoms with Gasteiger partial charge in [-0.3, -0.25) is 9.59 Å². The number of hydrogen-bond acceptors (Lipinski definition) is 3. The fourth-order valence-electron chi connectivity index (χ4n) is 2.41. The van der Waals surface area contributed by atoms with E-state index >= 15 is 0 Å². The molecule has 1 aromatic rings. The molecule has 0 spiro atoms. The summed E-state index contributed by atoms with van der Waals surface area (Å²) in [5.74, 6) is -0.0793. The number of aromatic nitrogens is 1. The molecule has 21 heavy (non-hydrogen) atoms. The van der Waals surface area contributed by atoms with E-state index in [-0.39, 0.29) is 30.4 Å². The lowest BCUT2D eigenvalue weighted by Crippen LogP contribution is -2.45. The average molecular weight is 316 g/mol. The van der Waals surface area contributed by atoms with Gasteiger partial charge in [-0.15, -0.1) is 12.4 Å². The Bertz CT molecular complexity index is 528. The molecule has 1 heterocycles. The van der Waals surface area contributed by atoms with Crippen molar-refractivity contribution in [3.63, 3.8) is 0 Å². The number of aromatic amines is 1. The molecular weight excluding hydrogens is 290 g/mol. The van der Waals surface area contributed by atoms with E-state index in [2.05, 4.69) is 10.3 Å². The van der Waals surface area contributed by atoms with Crippen molar-refractivity contribution in [1.29, 1.82) is 0 Å². The van der Waals surface area contributed by atoms with Crippen LogP contribution in [0.2, 0.25) is 0 Å². The lowest BCUT2D eigenvalue weighted by molar-refractivity contribution is -0.131. The summed E-state index contributed by atoms with van der Waals surface area (Å²) in [5, 5.41) is 2.85. The topological polar surface area (TPSA) is 88.0 Å². The summed E-state index contributed by atoms with van der Waals surface area (Å²) in [7, 11) is 0. The van der Waals surface area contributed by atoms with E-state index in [9.17, 15) is 9.59 Å². The van der Waals surface area contributed by atoms with Crippen LogP contribution in [-0.4, -0.2) is 17.4 Å². The van der Waals surface area contributed by atoms with Crippen molar-refractivity contribution < 1.29 is 4.79 Å². The van der Waals surface area contributed by atoms with Crippen LogP contribution < -0.4 is 16.6 Å². The molecule has 0 aliphatic carbocycles. The van der Waals surface area contributed by atoms with Crippen molar-refractivity contribution >= 4 is 18.3 Å². The monoisotopic (exact) mass is 315 g/mol. The molecule has 0 aromatic carbocycles. The Morgan fingerprint density at radius 3 is 2.33 bits per heavy atom. The first-order chi connectivity index (χ1) is 9.40. The molecule has 5 nitrogen and oxygen atoms in total. The number of nitrogens with two attached hydrogens (primary N) is 1. The van der Waals surface area contributed by atoms with Gasteiger partial charge in [0.05, 0.1) is 5.41 Å². The Labute approximate surface area is 132 Å². The van der Waals surface area contributed by atoms with Crippen molar-refractivity contribution in [2.45, 2.75) is 47.1 Å². The van der Waals surface area contributed by atoms with Crippen molar-refractivity contribution in [2.24, 2.45) is 11.1 Å². The van der Waals surface area contributed by atoms with Crippen molar-refractivity contribution in [3.05, 3.63) is 33.2 Å². The number of hydrogen-bond donors (Lipinski definition) is 3. The fourth-order valence-corrected chi connectivity index (χ4v) is 2.41. The molecule has 0 unspecified atom stereocenters. The molecule has 0 saturated carbocycles. The molecule has 0 atom stereocenters. The smallest absolute Gasteiger partial charge is 0.253 e. The first-order valence-corrected chi connectivity index (χ1v) is 7.08. The Balaban J connectivity index is 0.00000400. The van der Waals surface area contributed by atoms with E-state index in [4.69, 9.17) is 5.73 Å². The fraction of sp³-hybridized carbons (Fsp3) is 0.600. The van der Waals surface area contributed by atoms with E-state index in [0.29, 0.717) is 24.9 Å². The highest BCUT2D eigenvalue weighted by Crippen LogP contribution is 2.25. The molecule has 6 heteroatoms. The minimum Gasteiger partial charge on any atom is -0.351 e. The summed E-state index contributed by atoms with van der Waals surface area (Å²) >= 11 is 0. The van der Waals surface area contributed by atoms with Gasteiger partial charge in [0.1, 0.15) is 0 Å². The Hall–Kier alpha value is -1.33. The second kappa shape index (κ2) is 8.20. The predicted octanol–water partition coefficient (Wildman–Crippen LogP) is 1.79. The maximum absolute atomic E-state index is 12.3. The zero-order valence-electron chi connectivity index (χ0n) is 13.2. The predicted molar refractivity (Wildman–Crippen MR) is 87.7 cm³/mol. The molecule has 0 aliphatic heterocycles. The molecule has 0 radical (unpaired) electrons. The van der Waals surface area contributed by atoms with Crippen LogP contribution in [0.15, 0.2) is 10.9 Å². The van der Waals surface area contributed by atoms with Gasteiger partial charge in [-0.05, 0) is 38.3 Å². The van der Waals surface area contributed by atoms with Crippen LogP contribution in [0.5, 0.6) is 0 Å². The van der Waals surface area contributed by atoms with Crippen LogP contribution in [0, 0.1) is 19.3 Å². The number of amides is 1. The quantitative estimate of drug-likeness (QED) is 0.748. The van der Waals surface area contributed by atoms with Gasteiger partial charge >= 0.3 is 0 Å². The number of rotatable bonds is 6. The second-order valence-electron chi connectivity index (χ2n) is 5.32. The second-order valence-corrected chi connectivity index (χ2v) is 5.32.